The highest BCUT2D eigenvalue weighted by Gasteiger charge is 2.37. The van der Waals surface area contributed by atoms with Gasteiger partial charge in [-0.3, -0.25) is 5.32 Å². The number of nitrogens with one attached hydrogen (secondary N) is 1. The van der Waals surface area contributed by atoms with Gasteiger partial charge in [0.25, 0.3) is 0 Å². The fraction of sp³-hybridized carbons (Fsp3) is 0.556. The molecule has 2 rings (SSSR count). The second kappa shape index (κ2) is 6.59. The Bertz CT molecular complexity index is 583. The first-order valence-corrected chi connectivity index (χ1v) is 7.92. The SMILES string of the molecule is CC(C#N)(Cc1ccccc1)NC1CN(C(=O)OC(C)(C)C)C1. The molecule has 1 N–H and O–H groups in total. The van der Waals surface area contributed by atoms with Crippen LogP contribution in [0.25, 0.3) is 0 Å². The average Bonchev–Trinajstić information content (AvgIpc) is 2.41. The van der Waals surface area contributed by atoms with Gasteiger partial charge in [0, 0.05) is 25.6 Å². The molecule has 23 heavy (non-hydrogen) atoms. The van der Waals surface area contributed by atoms with Crippen molar-refractivity contribution in [3.63, 3.8) is 0 Å². The zero-order chi connectivity index (χ0) is 17.1. The van der Waals surface area contributed by atoms with E-state index in [4.69, 9.17) is 4.74 Å². The molecule has 0 aromatic heterocycles. The summed E-state index contributed by atoms with van der Waals surface area (Å²) < 4.78 is 5.34. The van der Waals surface area contributed by atoms with Crippen LogP contribution in [0.2, 0.25) is 0 Å². The normalized spacial score (nSPS) is 17.8. The summed E-state index contributed by atoms with van der Waals surface area (Å²) in [5.74, 6) is 0. The van der Waals surface area contributed by atoms with Crippen molar-refractivity contribution in [2.24, 2.45) is 0 Å². The van der Waals surface area contributed by atoms with Crippen LogP contribution < -0.4 is 5.32 Å². The van der Waals surface area contributed by atoms with Crippen LogP contribution >= 0.6 is 0 Å². The first kappa shape index (κ1) is 17.3. The highest BCUT2D eigenvalue weighted by Crippen LogP contribution is 2.19. The molecule has 5 heteroatoms. The molecule has 5 nitrogen and oxygen atoms in total. The topological polar surface area (TPSA) is 65.4 Å². The van der Waals surface area contributed by atoms with Crippen LogP contribution in [0.3, 0.4) is 0 Å². The molecule has 1 aliphatic heterocycles. The standard InChI is InChI=1S/C18H25N3O2/c1-17(2,3)23-16(22)21-11-15(12-21)20-18(4,13-19)10-14-8-6-5-7-9-14/h5-9,15,20H,10-12H2,1-4H3. The van der Waals surface area contributed by atoms with Gasteiger partial charge in [0.05, 0.1) is 6.07 Å². The summed E-state index contributed by atoms with van der Waals surface area (Å²) in [5.41, 5.74) is -0.0109. The molecule has 124 valence electrons. The first-order chi connectivity index (χ1) is 10.7. The van der Waals surface area contributed by atoms with Gasteiger partial charge in [-0.05, 0) is 33.3 Å². The Morgan fingerprint density at radius 3 is 2.43 bits per heavy atom. The lowest BCUT2D eigenvalue weighted by molar-refractivity contribution is 0.00320. The third-order valence-electron chi connectivity index (χ3n) is 3.70. The van der Waals surface area contributed by atoms with E-state index in [1.807, 2.05) is 58.0 Å². The summed E-state index contributed by atoms with van der Waals surface area (Å²) in [4.78, 5) is 13.6. The van der Waals surface area contributed by atoms with E-state index in [2.05, 4.69) is 11.4 Å². The number of hydrogen-bond donors (Lipinski definition) is 1. The zero-order valence-electron chi connectivity index (χ0n) is 14.3. The maximum atomic E-state index is 11.9. The minimum atomic E-state index is -0.647. The lowest BCUT2D eigenvalue weighted by atomic mass is 9.92. The minimum absolute atomic E-state index is 0.121. The molecule has 0 bridgehead atoms. The van der Waals surface area contributed by atoms with E-state index in [0.717, 1.165) is 5.56 Å². The third-order valence-corrected chi connectivity index (χ3v) is 3.70. The van der Waals surface area contributed by atoms with Crippen molar-refractivity contribution < 1.29 is 9.53 Å². The largest absolute Gasteiger partial charge is 0.444 e. The van der Waals surface area contributed by atoms with Crippen molar-refractivity contribution >= 4 is 6.09 Å². The summed E-state index contributed by atoms with van der Waals surface area (Å²) in [7, 11) is 0. The number of hydrogen-bond acceptors (Lipinski definition) is 4. The van der Waals surface area contributed by atoms with E-state index in [1.165, 1.54) is 0 Å². The molecule has 1 unspecified atom stereocenters. The molecular formula is C18H25N3O2. The van der Waals surface area contributed by atoms with Gasteiger partial charge < -0.3 is 9.64 Å². The van der Waals surface area contributed by atoms with Crippen LogP contribution in [0.1, 0.15) is 33.3 Å². The van der Waals surface area contributed by atoms with Gasteiger partial charge in [-0.1, -0.05) is 30.3 Å². The van der Waals surface area contributed by atoms with Gasteiger partial charge in [-0.15, -0.1) is 0 Å². The number of likely N-dealkylation sites (tertiary alicyclic amines) is 1. The summed E-state index contributed by atoms with van der Waals surface area (Å²) >= 11 is 0. The molecule has 1 atom stereocenters. The number of benzene rings is 1. The van der Waals surface area contributed by atoms with Gasteiger partial charge in [0.15, 0.2) is 0 Å². The van der Waals surface area contributed by atoms with Crippen LogP contribution in [0.5, 0.6) is 0 Å². The van der Waals surface area contributed by atoms with Crippen LogP contribution in [0.15, 0.2) is 30.3 Å². The highest BCUT2D eigenvalue weighted by molar-refractivity contribution is 5.69. The van der Waals surface area contributed by atoms with Crippen LogP contribution in [0, 0.1) is 11.3 Å². The van der Waals surface area contributed by atoms with E-state index >= 15 is 0 Å². The predicted octanol–water partition coefficient (Wildman–Crippen LogP) is 2.72. The maximum Gasteiger partial charge on any atom is 0.410 e. The lowest BCUT2D eigenvalue weighted by Gasteiger charge is -2.43. The number of nitriles is 1. The molecule has 1 aliphatic rings. The minimum Gasteiger partial charge on any atom is -0.444 e. The quantitative estimate of drug-likeness (QED) is 0.928. The average molecular weight is 315 g/mol. The molecule has 1 aromatic carbocycles. The van der Waals surface area contributed by atoms with Gasteiger partial charge in [0.2, 0.25) is 0 Å². The van der Waals surface area contributed by atoms with Gasteiger partial charge in [0.1, 0.15) is 11.1 Å². The number of rotatable bonds is 4. The first-order valence-electron chi connectivity index (χ1n) is 7.92. The number of carbonyl (C=O) groups is 1. The van der Waals surface area contributed by atoms with Crippen molar-refractivity contribution in [1.82, 2.24) is 10.2 Å². The molecule has 0 aliphatic carbocycles. The molecule has 1 amide bonds. The van der Waals surface area contributed by atoms with Gasteiger partial charge in [-0.2, -0.15) is 5.26 Å². The van der Waals surface area contributed by atoms with E-state index in [0.29, 0.717) is 19.5 Å². The summed E-state index contributed by atoms with van der Waals surface area (Å²) in [6, 6.07) is 12.4. The number of carbonyl (C=O) groups excluding carboxylic acids is 1. The molecule has 0 spiro atoms. The van der Waals surface area contributed by atoms with E-state index < -0.39 is 11.1 Å². The summed E-state index contributed by atoms with van der Waals surface area (Å²) in [5, 5.41) is 12.9. The Morgan fingerprint density at radius 2 is 1.91 bits per heavy atom. The fourth-order valence-corrected chi connectivity index (χ4v) is 2.62. The van der Waals surface area contributed by atoms with Crippen molar-refractivity contribution in [2.45, 2.75) is 51.3 Å². The molecule has 1 aromatic rings. The smallest absolute Gasteiger partial charge is 0.410 e. The Morgan fingerprint density at radius 1 is 1.30 bits per heavy atom. The van der Waals surface area contributed by atoms with Crippen molar-refractivity contribution in [1.29, 1.82) is 5.26 Å². The number of nitrogens with zero attached hydrogens (tertiary/aromatic N) is 2. The summed E-state index contributed by atoms with van der Waals surface area (Å²) in [6.45, 7) is 8.60. The van der Waals surface area contributed by atoms with Gasteiger partial charge in [-0.25, -0.2) is 4.79 Å². The number of amides is 1. The van der Waals surface area contributed by atoms with E-state index in [9.17, 15) is 10.1 Å². The fourth-order valence-electron chi connectivity index (χ4n) is 2.62. The Kier molecular flexibility index (Phi) is 4.96. The van der Waals surface area contributed by atoms with Gasteiger partial charge >= 0.3 is 6.09 Å². The number of ether oxygens (including phenoxy) is 1. The van der Waals surface area contributed by atoms with E-state index in [-0.39, 0.29) is 12.1 Å². The van der Waals surface area contributed by atoms with Crippen molar-refractivity contribution in [3.8, 4) is 6.07 Å². The lowest BCUT2D eigenvalue weighted by Crippen LogP contribution is -2.65. The van der Waals surface area contributed by atoms with Crippen LogP contribution in [-0.4, -0.2) is 41.3 Å². The van der Waals surface area contributed by atoms with E-state index in [1.54, 1.807) is 4.90 Å². The predicted molar refractivity (Wildman–Crippen MR) is 88.9 cm³/mol. The second-order valence-corrected chi connectivity index (χ2v) is 7.33. The molecule has 1 saturated heterocycles. The van der Waals surface area contributed by atoms with Crippen LogP contribution in [0.4, 0.5) is 4.79 Å². The molecule has 1 heterocycles. The monoisotopic (exact) mass is 315 g/mol. The van der Waals surface area contributed by atoms with Crippen molar-refractivity contribution in [3.05, 3.63) is 35.9 Å². The maximum absolute atomic E-state index is 11.9. The third kappa shape index (κ3) is 4.97. The zero-order valence-corrected chi connectivity index (χ0v) is 14.3. The molecule has 0 saturated carbocycles. The Hall–Kier alpha value is -2.06. The Balaban J connectivity index is 1.85. The molecular weight excluding hydrogens is 290 g/mol. The van der Waals surface area contributed by atoms with Crippen LogP contribution in [-0.2, 0) is 11.2 Å². The molecule has 1 fully saturated rings. The highest BCUT2D eigenvalue weighted by atomic mass is 16.6. The summed E-state index contributed by atoms with van der Waals surface area (Å²) in [6.07, 6.45) is 0.338. The Labute approximate surface area is 138 Å². The van der Waals surface area contributed by atoms with Crippen molar-refractivity contribution in [2.75, 3.05) is 13.1 Å². The second-order valence-electron chi connectivity index (χ2n) is 7.33. The molecule has 0 radical (unpaired) electrons.